The lowest BCUT2D eigenvalue weighted by atomic mass is 10.1. The molecule has 0 N–H and O–H groups in total. The number of benzene rings is 2. The van der Waals surface area contributed by atoms with Gasteiger partial charge in [-0.15, -0.1) is 0 Å². The summed E-state index contributed by atoms with van der Waals surface area (Å²) in [5.74, 6) is -0.594. The number of carbonyl (C=O) groups excluding carboxylic acids is 1. The molecule has 0 spiro atoms. The zero-order valence-corrected chi connectivity index (χ0v) is 18.1. The van der Waals surface area contributed by atoms with Gasteiger partial charge >= 0.3 is 0 Å². The van der Waals surface area contributed by atoms with Crippen LogP contribution >= 0.6 is 0 Å². The Hall–Kier alpha value is -4.31. The van der Waals surface area contributed by atoms with E-state index < -0.39 is 0 Å². The molecule has 0 atom stereocenters. The number of nitriles is 1. The Bertz CT molecular complexity index is 1290. The van der Waals surface area contributed by atoms with Gasteiger partial charge in [0.2, 0.25) is 0 Å². The van der Waals surface area contributed by atoms with Gasteiger partial charge in [0, 0.05) is 31.0 Å². The molecule has 2 aromatic carbocycles. The van der Waals surface area contributed by atoms with Gasteiger partial charge in [-0.05, 0) is 66.6 Å². The SMILES string of the molecule is Cc1cccc(-n2nc(-c3ccc(F)cc3)cc2C(=O)N(CCC#N)Cc2cccnc2)c1. The van der Waals surface area contributed by atoms with Crippen LogP contribution in [0, 0.1) is 24.1 Å². The molecule has 6 nitrogen and oxygen atoms in total. The van der Waals surface area contributed by atoms with Gasteiger partial charge < -0.3 is 4.90 Å². The van der Waals surface area contributed by atoms with Gasteiger partial charge in [0.05, 0.1) is 23.9 Å². The predicted molar refractivity (Wildman–Crippen MR) is 123 cm³/mol. The van der Waals surface area contributed by atoms with E-state index in [2.05, 4.69) is 16.2 Å². The van der Waals surface area contributed by atoms with Crippen molar-refractivity contribution in [3.63, 3.8) is 0 Å². The van der Waals surface area contributed by atoms with Crippen molar-refractivity contribution in [2.75, 3.05) is 6.54 Å². The van der Waals surface area contributed by atoms with E-state index in [9.17, 15) is 9.18 Å². The molecule has 0 saturated carbocycles. The Labute approximate surface area is 191 Å². The summed E-state index contributed by atoms with van der Waals surface area (Å²) >= 11 is 0. The lowest BCUT2D eigenvalue weighted by Crippen LogP contribution is -2.33. The fraction of sp³-hybridized carbons (Fsp3) is 0.154. The average Bonchev–Trinajstić information content (AvgIpc) is 3.28. The number of hydrogen-bond donors (Lipinski definition) is 0. The van der Waals surface area contributed by atoms with Gasteiger partial charge in [0.15, 0.2) is 0 Å². The molecule has 4 aromatic rings. The maximum atomic E-state index is 13.7. The smallest absolute Gasteiger partial charge is 0.272 e. The minimum absolute atomic E-state index is 0.204. The van der Waals surface area contributed by atoms with Crippen molar-refractivity contribution in [3.8, 4) is 23.0 Å². The van der Waals surface area contributed by atoms with E-state index in [-0.39, 0.29) is 24.7 Å². The second-order valence-corrected chi connectivity index (χ2v) is 7.67. The van der Waals surface area contributed by atoms with Crippen molar-refractivity contribution in [1.82, 2.24) is 19.7 Å². The quantitative estimate of drug-likeness (QED) is 0.409. The molecule has 4 rings (SSSR count). The van der Waals surface area contributed by atoms with E-state index in [1.807, 2.05) is 43.3 Å². The first-order valence-corrected chi connectivity index (χ1v) is 10.5. The summed E-state index contributed by atoms with van der Waals surface area (Å²) in [6.07, 6.45) is 3.58. The van der Waals surface area contributed by atoms with Gasteiger partial charge in [-0.25, -0.2) is 9.07 Å². The Balaban J connectivity index is 1.78. The first-order chi connectivity index (χ1) is 16.0. The molecule has 0 radical (unpaired) electrons. The maximum Gasteiger partial charge on any atom is 0.272 e. The maximum absolute atomic E-state index is 13.7. The highest BCUT2D eigenvalue weighted by Gasteiger charge is 2.23. The van der Waals surface area contributed by atoms with Crippen LogP contribution in [0.25, 0.3) is 16.9 Å². The number of carbonyl (C=O) groups is 1. The largest absolute Gasteiger partial charge is 0.332 e. The Morgan fingerprint density at radius 2 is 1.94 bits per heavy atom. The molecule has 0 aliphatic carbocycles. The molecule has 0 bridgehead atoms. The van der Waals surface area contributed by atoms with Crippen molar-refractivity contribution in [3.05, 3.63) is 102 Å². The first kappa shape index (κ1) is 21.9. The van der Waals surface area contributed by atoms with Crippen molar-refractivity contribution >= 4 is 5.91 Å². The zero-order chi connectivity index (χ0) is 23.2. The number of aryl methyl sites for hydroxylation is 1. The molecule has 0 aliphatic rings. The molecule has 0 fully saturated rings. The van der Waals surface area contributed by atoms with Crippen LogP contribution in [0.1, 0.15) is 28.0 Å². The second kappa shape index (κ2) is 9.88. The van der Waals surface area contributed by atoms with Crippen LogP contribution in [0.2, 0.25) is 0 Å². The second-order valence-electron chi connectivity index (χ2n) is 7.67. The highest BCUT2D eigenvalue weighted by molar-refractivity contribution is 5.94. The zero-order valence-electron chi connectivity index (χ0n) is 18.1. The molecule has 0 aliphatic heterocycles. The normalized spacial score (nSPS) is 10.6. The average molecular weight is 439 g/mol. The number of halogens is 1. The van der Waals surface area contributed by atoms with Crippen LogP contribution in [0.3, 0.4) is 0 Å². The number of rotatable bonds is 7. The molecule has 7 heteroatoms. The third-order valence-electron chi connectivity index (χ3n) is 5.19. The third kappa shape index (κ3) is 5.13. The summed E-state index contributed by atoms with van der Waals surface area (Å²) in [4.78, 5) is 19.5. The summed E-state index contributed by atoms with van der Waals surface area (Å²) in [5.41, 5.74) is 4.26. The summed E-state index contributed by atoms with van der Waals surface area (Å²) in [6, 6.07) is 21.2. The minimum atomic E-state index is -0.340. The fourth-order valence-electron chi connectivity index (χ4n) is 3.56. The lowest BCUT2D eigenvalue weighted by Gasteiger charge is -2.22. The van der Waals surface area contributed by atoms with Gasteiger partial charge in [0.1, 0.15) is 11.5 Å². The van der Waals surface area contributed by atoms with Gasteiger partial charge in [0.25, 0.3) is 5.91 Å². The van der Waals surface area contributed by atoms with Gasteiger partial charge in [-0.3, -0.25) is 9.78 Å². The highest BCUT2D eigenvalue weighted by atomic mass is 19.1. The molecule has 33 heavy (non-hydrogen) atoms. The Morgan fingerprint density at radius 3 is 2.64 bits per heavy atom. The van der Waals surface area contributed by atoms with Crippen molar-refractivity contribution < 1.29 is 9.18 Å². The van der Waals surface area contributed by atoms with Crippen LogP contribution in [0.15, 0.2) is 79.1 Å². The minimum Gasteiger partial charge on any atom is -0.332 e. The number of amides is 1. The van der Waals surface area contributed by atoms with E-state index in [1.165, 1.54) is 12.1 Å². The van der Waals surface area contributed by atoms with Crippen LogP contribution in [0.5, 0.6) is 0 Å². The van der Waals surface area contributed by atoms with Crippen LogP contribution in [0.4, 0.5) is 4.39 Å². The topological polar surface area (TPSA) is 74.8 Å². The van der Waals surface area contributed by atoms with E-state index in [4.69, 9.17) is 5.26 Å². The van der Waals surface area contributed by atoms with E-state index in [0.29, 0.717) is 23.5 Å². The van der Waals surface area contributed by atoms with Gasteiger partial charge in [-0.2, -0.15) is 10.4 Å². The molecular weight excluding hydrogens is 417 g/mol. The number of aromatic nitrogens is 3. The van der Waals surface area contributed by atoms with Gasteiger partial charge in [-0.1, -0.05) is 18.2 Å². The highest BCUT2D eigenvalue weighted by Crippen LogP contribution is 2.24. The van der Waals surface area contributed by atoms with Crippen LogP contribution < -0.4 is 0 Å². The van der Waals surface area contributed by atoms with Crippen molar-refractivity contribution in [2.45, 2.75) is 19.9 Å². The summed E-state index contributed by atoms with van der Waals surface area (Å²) < 4.78 is 15.0. The summed E-state index contributed by atoms with van der Waals surface area (Å²) in [6.45, 7) is 2.56. The van der Waals surface area contributed by atoms with E-state index in [0.717, 1.165) is 16.8 Å². The van der Waals surface area contributed by atoms with Crippen molar-refractivity contribution in [2.24, 2.45) is 0 Å². The number of nitrogens with zero attached hydrogens (tertiary/aromatic N) is 5. The molecule has 0 saturated heterocycles. The molecule has 0 unspecified atom stereocenters. The molecular formula is C26H22FN5O. The van der Waals surface area contributed by atoms with E-state index >= 15 is 0 Å². The Kier molecular flexibility index (Phi) is 6.56. The Morgan fingerprint density at radius 1 is 1.12 bits per heavy atom. The summed E-state index contributed by atoms with van der Waals surface area (Å²) in [7, 11) is 0. The molecule has 2 aromatic heterocycles. The predicted octanol–water partition coefficient (Wildman–Crippen LogP) is 4.94. The fourth-order valence-corrected chi connectivity index (χ4v) is 3.56. The summed E-state index contributed by atoms with van der Waals surface area (Å²) in [5, 5.41) is 13.8. The van der Waals surface area contributed by atoms with Crippen LogP contribution in [-0.2, 0) is 6.54 Å². The first-order valence-electron chi connectivity index (χ1n) is 10.5. The lowest BCUT2D eigenvalue weighted by molar-refractivity contribution is 0.0737. The molecule has 1 amide bonds. The monoisotopic (exact) mass is 439 g/mol. The van der Waals surface area contributed by atoms with Crippen LogP contribution in [-0.4, -0.2) is 32.1 Å². The molecule has 164 valence electrons. The number of hydrogen-bond acceptors (Lipinski definition) is 4. The van der Waals surface area contributed by atoms with E-state index in [1.54, 1.807) is 40.2 Å². The standard InChI is InChI=1S/C26H22FN5O/c1-19-5-2-7-23(15-19)32-25(16-24(30-32)21-8-10-22(27)11-9-21)26(33)31(14-4-12-28)18-20-6-3-13-29-17-20/h2-3,5-11,13,15-17H,4,14,18H2,1H3. The third-order valence-corrected chi connectivity index (χ3v) is 5.19. The number of pyridine rings is 1. The molecule has 2 heterocycles. The van der Waals surface area contributed by atoms with Crippen molar-refractivity contribution in [1.29, 1.82) is 5.26 Å².